The Morgan fingerprint density at radius 2 is 2.00 bits per heavy atom. The van der Waals surface area contributed by atoms with Gasteiger partial charge in [0.05, 0.1) is 6.54 Å². The van der Waals surface area contributed by atoms with Gasteiger partial charge in [0.15, 0.2) is 0 Å². The average molecular weight is 169 g/mol. The lowest BCUT2D eigenvalue weighted by atomic mass is 10.5. The third kappa shape index (κ3) is 7.39. The van der Waals surface area contributed by atoms with Crippen LogP contribution in [0.5, 0.6) is 0 Å². The zero-order valence-electron chi connectivity index (χ0n) is 5.11. The third-order valence-corrected chi connectivity index (χ3v) is 1.72. The topological polar surface area (TPSA) is 29.4 Å². The molecular formula is C4H6F3NOSi. The molecule has 0 N–H and O–H groups in total. The van der Waals surface area contributed by atoms with Gasteiger partial charge in [0.1, 0.15) is 0 Å². The highest BCUT2D eigenvalue weighted by Gasteiger charge is 2.35. The van der Waals surface area contributed by atoms with Gasteiger partial charge in [0.2, 0.25) is 6.08 Å². The van der Waals surface area contributed by atoms with E-state index < -0.39 is 15.1 Å². The van der Waals surface area contributed by atoms with Crippen LogP contribution in [0.2, 0.25) is 6.04 Å². The molecule has 0 aromatic carbocycles. The maximum atomic E-state index is 11.5. The van der Waals surface area contributed by atoms with Gasteiger partial charge in [-0.25, -0.2) is 22.1 Å². The maximum absolute atomic E-state index is 11.5. The van der Waals surface area contributed by atoms with E-state index in [0.29, 0.717) is 0 Å². The number of hydrogen-bond donors (Lipinski definition) is 0. The molecule has 0 radical (unpaired) electrons. The van der Waals surface area contributed by atoms with E-state index in [1.807, 2.05) is 0 Å². The summed E-state index contributed by atoms with van der Waals surface area (Å²) in [5.74, 6) is 0. The lowest BCUT2D eigenvalue weighted by molar-refractivity contribution is 0.464. The minimum atomic E-state index is -5.40. The van der Waals surface area contributed by atoms with Crippen LogP contribution in [0.25, 0.3) is 0 Å². The van der Waals surface area contributed by atoms with Crippen molar-refractivity contribution in [3.63, 3.8) is 0 Å². The molecule has 0 aromatic rings. The SMILES string of the molecule is O=C=NCCC[Si](F)(F)F. The molecule has 2 nitrogen and oxygen atoms in total. The molecule has 0 aliphatic rings. The predicted octanol–water partition coefficient (Wildman–Crippen LogP) is 1.56. The first-order valence-electron chi connectivity index (χ1n) is 2.66. The van der Waals surface area contributed by atoms with Gasteiger partial charge in [-0.3, -0.25) is 0 Å². The van der Waals surface area contributed by atoms with Crippen molar-refractivity contribution < 1.29 is 17.1 Å². The number of aliphatic imine (C=N–C) groups is 1. The molecule has 0 amide bonds. The van der Waals surface area contributed by atoms with E-state index in [9.17, 15) is 17.1 Å². The summed E-state index contributed by atoms with van der Waals surface area (Å²) >= 11 is 0. The van der Waals surface area contributed by atoms with Crippen LogP contribution in [-0.4, -0.2) is 21.7 Å². The van der Waals surface area contributed by atoms with Crippen LogP contribution < -0.4 is 0 Å². The van der Waals surface area contributed by atoms with Gasteiger partial charge in [-0.05, 0) is 6.42 Å². The summed E-state index contributed by atoms with van der Waals surface area (Å²) in [6.07, 6.45) is 1.10. The van der Waals surface area contributed by atoms with Crippen molar-refractivity contribution in [1.29, 1.82) is 0 Å². The summed E-state index contributed by atoms with van der Waals surface area (Å²) in [5.41, 5.74) is 0. The van der Waals surface area contributed by atoms with Gasteiger partial charge in [0, 0.05) is 6.04 Å². The van der Waals surface area contributed by atoms with Crippen molar-refractivity contribution in [3.8, 4) is 0 Å². The molecule has 0 bridgehead atoms. The summed E-state index contributed by atoms with van der Waals surface area (Å²) in [6.45, 7) is -0.0595. The molecule has 10 heavy (non-hydrogen) atoms. The minimum absolute atomic E-state index is 0.0595. The number of isocyanates is 1. The molecule has 0 saturated heterocycles. The number of hydrogen-bond acceptors (Lipinski definition) is 2. The Morgan fingerprint density at radius 3 is 2.40 bits per heavy atom. The second kappa shape index (κ2) is 4.24. The van der Waals surface area contributed by atoms with Crippen LogP contribution in [-0.2, 0) is 4.79 Å². The van der Waals surface area contributed by atoms with E-state index in [1.54, 1.807) is 0 Å². The second-order valence-electron chi connectivity index (χ2n) is 1.69. The smallest absolute Gasteiger partial charge is 0.238 e. The Morgan fingerprint density at radius 1 is 1.40 bits per heavy atom. The summed E-state index contributed by atoms with van der Waals surface area (Å²) in [6, 6.07) is -0.752. The van der Waals surface area contributed by atoms with Gasteiger partial charge in [-0.15, -0.1) is 0 Å². The van der Waals surface area contributed by atoms with Gasteiger partial charge < -0.3 is 0 Å². The molecule has 0 aliphatic heterocycles. The molecular weight excluding hydrogens is 163 g/mol. The molecule has 58 valence electrons. The minimum Gasteiger partial charge on any atom is -0.238 e. The Kier molecular flexibility index (Phi) is 3.98. The van der Waals surface area contributed by atoms with Crippen molar-refractivity contribution in [2.75, 3.05) is 6.54 Å². The second-order valence-corrected chi connectivity index (χ2v) is 3.42. The van der Waals surface area contributed by atoms with E-state index >= 15 is 0 Å². The Balaban J connectivity index is 3.28. The van der Waals surface area contributed by atoms with E-state index in [-0.39, 0.29) is 13.0 Å². The first-order valence-corrected chi connectivity index (χ1v) is 4.51. The summed E-state index contributed by atoms with van der Waals surface area (Å²) in [5, 5.41) is 0. The third-order valence-electron chi connectivity index (χ3n) is 0.795. The summed E-state index contributed by atoms with van der Waals surface area (Å²) < 4.78 is 34.4. The fourth-order valence-corrected chi connectivity index (χ4v) is 0.963. The molecule has 0 saturated carbocycles. The first-order chi connectivity index (χ1) is 4.56. The van der Waals surface area contributed by atoms with Gasteiger partial charge in [-0.2, -0.15) is 0 Å². The highest BCUT2D eigenvalue weighted by Crippen LogP contribution is 2.16. The maximum Gasteiger partial charge on any atom is 0.616 e. The first kappa shape index (κ1) is 9.39. The molecule has 6 heteroatoms. The van der Waals surface area contributed by atoms with Crippen LogP contribution in [0.4, 0.5) is 12.3 Å². The van der Waals surface area contributed by atoms with E-state index in [4.69, 9.17) is 0 Å². The van der Waals surface area contributed by atoms with E-state index in [1.165, 1.54) is 6.08 Å². The van der Waals surface area contributed by atoms with Gasteiger partial charge in [-0.1, -0.05) is 0 Å². The monoisotopic (exact) mass is 169 g/mol. The van der Waals surface area contributed by atoms with Crippen LogP contribution >= 0.6 is 0 Å². The highest BCUT2D eigenvalue weighted by atomic mass is 28.5. The average Bonchev–Trinajstić information content (AvgIpc) is 1.78. The van der Waals surface area contributed by atoms with Gasteiger partial charge in [0.25, 0.3) is 0 Å². The standard InChI is InChI=1S/C4H6F3NOSi/c5-10(6,7)3-1-2-8-4-9/h1-3H2. The molecule has 0 aromatic heterocycles. The largest absolute Gasteiger partial charge is 0.616 e. The van der Waals surface area contributed by atoms with Crippen LogP contribution in [0.3, 0.4) is 0 Å². The van der Waals surface area contributed by atoms with E-state index in [0.717, 1.165) is 0 Å². The molecule has 0 heterocycles. The normalized spacial score (nSPS) is 10.7. The molecule has 0 spiro atoms. The number of rotatable bonds is 4. The summed E-state index contributed by atoms with van der Waals surface area (Å²) in [4.78, 5) is 12.4. The Labute approximate surface area is 57.3 Å². The Bertz CT molecular complexity index is 140. The predicted molar refractivity (Wildman–Crippen MR) is 31.5 cm³/mol. The van der Waals surface area contributed by atoms with Crippen LogP contribution in [0, 0.1) is 0 Å². The fourth-order valence-electron chi connectivity index (χ4n) is 0.404. The number of carbonyl (C=O) groups excluding carboxylic acids is 1. The van der Waals surface area contributed by atoms with Crippen molar-refractivity contribution in [1.82, 2.24) is 0 Å². The van der Waals surface area contributed by atoms with Gasteiger partial charge >= 0.3 is 9.08 Å². The van der Waals surface area contributed by atoms with Crippen molar-refractivity contribution in [3.05, 3.63) is 0 Å². The zero-order valence-corrected chi connectivity index (χ0v) is 6.11. The number of halogens is 3. The van der Waals surface area contributed by atoms with E-state index in [2.05, 4.69) is 4.99 Å². The van der Waals surface area contributed by atoms with Crippen molar-refractivity contribution in [2.24, 2.45) is 4.99 Å². The number of nitrogens with zero attached hydrogens (tertiary/aromatic N) is 1. The molecule has 0 atom stereocenters. The lowest BCUT2D eigenvalue weighted by Crippen LogP contribution is -2.13. The van der Waals surface area contributed by atoms with Crippen LogP contribution in [0.1, 0.15) is 6.42 Å². The van der Waals surface area contributed by atoms with Crippen LogP contribution in [0.15, 0.2) is 4.99 Å². The lowest BCUT2D eigenvalue weighted by Gasteiger charge is -1.97. The molecule has 0 fully saturated rings. The molecule has 0 rings (SSSR count). The zero-order chi connectivity index (χ0) is 8.04. The molecule has 0 aliphatic carbocycles. The molecule has 0 unspecified atom stereocenters. The highest BCUT2D eigenvalue weighted by molar-refractivity contribution is 6.58. The fraction of sp³-hybridized carbons (Fsp3) is 0.750. The quantitative estimate of drug-likeness (QED) is 0.206. The van der Waals surface area contributed by atoms with Crippen molar-refractivity contribution >= 4 is 15.2 Å². The van der Waals surface area contributed by atoms with Crippen molar-refractivity contribution in [2.45, 2.75) is 12.5 Å². The Hall–Kier alpha value is -0.613. The summed E-state index contributed by atoms with van der Waals surface area (Å²) in [7, 11) is -5.40.